The molecule has 0 bridgehead atoms. The van der Waals surface area contributed by atoms with Crippen LogP contribution >= 0.6 is 0 Å². The van der Waals surface area contributed by atoms with Gasteiger partial charge in [0, 0.05) is 37.0 Å². The molecule has 26 heavy (non-hydrogen) atoms. The minimum absolute atomic E-state index is 0.00294. The molecule has 1 N–H and O–H groups in total. The molecule has 2 fully saturated rings. The number of likely N-dealkylation sites (tertiary alicyclic amines) is 1. The maximum Gasteiger partial charge on any atom is 0.410 e. The third kappa shape index (κ3) is 3.07. The van der Waals surface area contributed by atoms with Gasteiger partial charge in [0.1, 0.15) is 5.82 Å². The highest BCUT2D eigenvalue weighted by Gasteiger charge is 2.47. The molecular formula is C18H25F3N4O. The molecular weight excluding hydrogens is 345 g/mol. The second kappa shape index (κ2) is 6.16. The molecule has 1 saturated heterocycles. The van der Waals surface area contributed by atoms with E-state index in [4.69, 9.17) is 0 Å². The zero-order valence-corrected chi connectivity index (χ0v) is 15.1. The fraction of sp³-hybridized carbons (Fsp3) is 0.778. The Kier molecular flexibility index (Phi) is 4.19. The summed E-state index contributed by atoms with van der Waals surface area (Å²) in [5, 5.41) is 7.50. The first kappa shape index (κ1) is 17.7. The molecule has 144 valence electrons. The highest BCUT2D eigenvalue weighted by atomic mass is 19.4. The number of anilines is 1. The minimum atomic E-state index is -4.31. The Bertz CT molecular complexity index is 701. The van der Waals surface area contributed by atoms with Crippen LogP contribution in [0.15, 0.2) is 6.07 Å². The van der Waals surface area contributed by atoms with Crippen molar-refractivity contribution < 1.29 is 18.0 Å². The van der Waals surface area contributed by atoms with E-state index in [1.165, 1.54) is 0 Å². The van der Waals surface area contributed by atoms with Crippen molar-refractivity contribution in [3.63, 3.8) is 0 Å². The molecule has 8 heteroatoms. The van der Waals surface area contributed by atoms with Crippen molar-refractivity contribution in [3.05, 3.63) is 11.8 Å². The largest absolute Gasteiger partial charge is 0.410 e. The molecule has 1 aromatic rings. The lowest BCUT2D eigenvalue weighted by atomic mass is 10.0. The van der Waals surface area contributed by atoms with E-state index in [1.54, 1.807) is 6.07 Å². The predicted molar refractivity (Wildman–Crippen MR) is 90.8 cm³/mol. The number of amides is 1. The number of alkyl halides is 3. The Hall–Kier alpha value is -1.73. The average Bonchev–Trinajstić information content (AvgIpc) is 3.02. The number of nitrogens with zero attached hydrogens (tertiary/aromatic N) is 3. The normalized spacial score (nSPS) is 33.7. The number of rotatable bonds is 3. The van der Waals surface area contributed by atoms with E-state index in [2.05, 4.69) is 17.3 Å². The van der Waals surface area contributed by atoms with Gasteiger partial charge in [-0.25, -0.2) is 4.68 Å². The van der Waals surface area contributed by atoms with Gasteiger partial charge in [-0.1, -0.05) is 13.8 Å². The number of aromatic nitrogens is 2. The maximum absolute atomic E-state index is 13.5. The van der Waals surface area contributed by atoms with E-state index >= 15 is 0 Å². The molecule has 3 aliphatic rings. The van der Waals surface area contributed by atoms with Crippen molar-refractivity contribution in [3.8, 4) is 0 Å². The van der Waals surface area contributed by atoms with Gasteiger partial charge in [-0.3, -0.25) is 4.79 Å². The summed E-state index contributed by atoms with van der Waals surface area (Å²) in [7, 11) is 0. The van der Waals surface area contributed by atoms with E-state index in [0.717, 1.165) is 17.5 Å². The topological polar surface area (TPSA) is 50.2 Å². The fourth-order valence-corrected chi connectivity index (χ4v) is 4.24. The summed E-state index contributed by atoms with van der Waals surface area (Å²) < 4.78 is 41.5. The van der Waals surface area contributed by atoms with Gasteiger partial charge in [0.2, 0.25) is 5.91 Å². The van der Waals surface area contributed by atoms with Crippen molar-refractivity contribution in [2.24, 2.45) is 11.8 Å². The Morgan fingerprint density at radius 1 is 1.38 bits per heavy atom. The van der Waals surface area contributed by atoms with E-state index in [-0.39, 0.29) is 30.2 Å². The van der Waals surface area contributed by atoms with Crippen LogP contribution in [0, 0.1) is 11.8 Å². The lowest BCUT2D eigenvalue weighted by molar-refractivity contribution is -0.173. The van der Waals surface area contributed by atoms with E-state index in [9.17, 15) is 18.0 Å². The summed E-state index contributed by atoms with van der Waals surface area (Å²) in [6.45, 7) is 5.19. The highest BCUT2D eigenvalue weighted by Crippen LogP contribution is 2.43. The minimum Gasteiger partial charge on any atom is -0.367 e. The molecule has 1 aromatic heterocycles. The van der Waals surface area contributed by atoms with Gasteiger partial charge >= 0.3 is 6.18 Å². The summed E-state index contributed by atoms with van der Waals surface area (Å²) in [6.07, 6.45) is -1.96. The zero-order valence-electron chi connectivity index (χ0n) is 15.1. The summed E-state index contributed by atoms with van der Waals surface area (Å²) in [5.41, 5.74) is 0.664. The van der Waals surface area contributed by atoms with E-state index in [1.807, 2.05) is 11.8 Å². The summed E-state index contributed by atoms with van der Waals surface area (Å²) >= 11 is 0. The van der Waals surface area contributed by atoms with Crippen LogP contribution in [0.1, 0.15) is 57.2 Å². The molecule has 1 aliphatic carbocycles. The summed E-state index contributed by atoms with van der Waals surface area (Å²) in [5.74, 6) is 1.26. The average molecular weight is 370 g/mol. The second-order valence-electron chi connectivity index (χ2n) is 8.03. The fourth-order valence-electron chi connectivity index (χ4n) is 4.24. The molecule has 1 saturated carbocycles. The van der Waals surface area contributed by atoms with Gasteiger partial charge in [-0.15, -0.1) is 0 Å². The maximum atomic E-state index is 13.5. The first-order valence-electron chi connectivity index (χ1n) is 9.49. The molecule has 3 heterocycles. The monoisotopic (exact) mass is 370 g/mol. The quantitative estimate of drug-likeness (QED) is 0.885. The number of hydrogen-bond donors (Lipinski definition) is 1. The van der Waals surface area contributed by atoms with Crippen molar-refractivity contribution in [1.82, 2.24) is 14.7 Å². The Balaban J connectivity index is 1.52. The molecule has 5 atom stereocenters. The molecule has 0 unspecified atom stereocenters. The van der Waals surface area contributed by atoms with Crippen LogP contribution in [0.3, 0.4) is 0 Å². The first-order valence-corrected chi connectivity index (χ1v) is 9.49. The van der Waals surface area contributed by atoms with Gasteiger partial charge in [-0.2, -0.15) is 18.3 Å². The molecule has 0 radical (unpaired) electrons. The Morgan fingerprint density at radius 2 is 2.12 bits per heavy atom. The molecule has 5 nitrogen and oxygen atoms in total. The van der Waals surface area contributed by atoms with Crippen LogP contribution in [0.25, 0.3) is 0 Å². The number of carbonyl (C=O) groups is 1. The molecule has 2 aliphatic heterocycles. The van der Waals surface area contributed by atoms with Crippen molar-refractivity contribution in [2.45, 2.75) is 63.7 Å². The van der Waals surface area contributed by atoms with Gasteiger partial charge < -0.3 is 10.2 Å². The SMILES string of the molecule is CC[C@@H]1C[C@H](C(F)(F)F)n2nc([C@H]3CCN(C(=O)[C@H]4C[C@@H]4C)C3)cc2N1. The molecule has 4 rings (SSSR count). The lowest BCUT2D eigenvalue weighted by Gasteiger charge is -2.32. The summed E-state index contributed by atoms with van der Waals surface area (Å²) in [6, 6.07) is -0.0283. The number of nitrogens with one attached hydrogen (secondary N) is 1. The molecule has 1 amide bonds. The molecule has 0 spiro atoms. The Morgan fingerprint density at radius 3 is 2.73 bits per heavy atom. The standard InChI is InChI=1S/C18H25F3N4O/c1-3-12-7-15(18(19,20)21)25-16(22-12)8-14(23-25)11-4-5-24(9-11)17(26)13-6-10(13)2/h8,10-13,15,22H,3-7,9H2,1-2H3/t10-,11-,12+,13-,15+/m0/s1. The smallest absolute Gasteiger partial charge is 0.367 e. The van der Waals surface area contributed by atoms with Crippen molar-refractivity contribution in [1.29, 1.82) is 0 Å². The summed E-state index contributed by atoms with van der Waals surface area (Å²) in [4.78, 5) is 14.3. The molecule has 0 aromatic carbocycles. The van der Waals surface area contributed by atoms with Crippen LogP contribution in [-0.4, -0.2) is 45.9 Å². The number of halogens is 3. The van der Waals surface area contributed by atoms with Gasteiger partial charge in [0.25, 0.3) is 0 Å². The van der Waals surface area contributed by atoms with Crippen LogP contribution in [-0.2, 0) is 4.79 Å². The van der Waals surface area contributed by atoms with Crippen LogP contribution in [0.5, 0.6) is 0 Å². The van der Waals surface area contributed by atoms with Gasteiger partial charge in [0.15, 0.2) is 6.04 Å². The van der Waals surface area contributed by atoms with Gasteiger partial charge in [0.05, 0.1) is 5.69 Å². The highest BCUT2D eigenvalue weighted by molar-refractivity contribution is 5.82. The van der Waals surface area contributed by atoms with Crippen LogP contribution in [0.4, 0.5) is 19.0 Å². The van der Waals surface area contributed by atoms with Crippen LogP contribution in [0.2, 0.25) is 0 Å². The Labute approximate surface area is 150 Å². The third-order valence-electron chi connectivity index (χ3n) is 6.13. The third-order valence-corrected chi connectivity index (χ3v) is 6.13. The predicted octanol–water partition coefficient (Wildman–Crippen LogP) is 3.55. The lowest BCUT2D eigenvalue weighted by Crippen LogP contribution is -2.38. The number of hydrogen-bond acceptors (Lipinski definition) is 3. The van der Waals surface area contributed by atoms with Crippen molar-refractivity contribution in [2.75, 3.05) is 18.4 Å². The van der Waals surface area contributed by atoms with Gasteiger partial charge in [-0.05, 0) is 31.6 Å². The number of fused-ring (bicyclic) bond motifs is 1. The first-order chi connectivity index (χ1) is 12.3. The zero-order chi connectivity index (χ0) is 18.6. The van der Waals surface area contributed by atoms with Crippen LogP contribution < -0.4 is 5.32 Å². The van der Waals surface area contributed by atoms with E-state index < -0.39 is 12.2 Å². The number of carbonyl (C=O) groups excluding carboxylic acids is 1. The van der Waals surface area contributed by atoms with E-state index in [0.29, 0.717) is 36.9 Å². The second-order valence-corrected chi connectivity index (χ2v) is 8.03. The van der Waals surface area contributed by atoms with Crippen molar-refractivity contribution >= 4 is 11.7 Å².